The molecule has 0 N–H and O–H groups in total. The molecule has 0 saturated carbocycles. The largest absolute Gasteiger partial charge is 0.267 e. The van der Waals surface area contributed by atoms with Crippen molar-refractivity contribution in [1.82, 2.24) is 14.8 Å². The molecule has 128 valence electrons. The third-order valence-electron chi connectivity index (χ3n) is 4.61. The average Bonchev–Trinajstić information content (AvgIpc) is 3.18. The standard InChI is InChI=1S/C19H19N3O2S/c1-14-12-17(16-10-6-3-7-11-16)22-18(14)20-19(21-22)25(23,24)13-15-8-4-2-5-9-15/h2-11,14,17H,12-13H2,1H3/t14-,17-/m0/s1. The predicted octanol–water partition coefficient (Wildman–Crippen LogP) is 3.35. The van der Waals surface area contributed by atoms with Gasteiger partial charge in [0.15, 0.2) is 0 Å². The highest BCUT2D eigenvalue weighted by atomic mass is 32.2. The van der Waals surface area contributed by atoms with Crippen molar-refractivity contribution in [3.63, 3.8) is 0 Å². The average molecular weight is 353 g/mol. The van der Waals surface area contributed by atoms with Crippen LogP contribution in [0.4, 0.5) is 0 Å². The Balaban J connectivity index is 1.69. The lowest BCUT2D eigenvalue weighted by Gasteiger charge is -2.11. The van der Waals surface area contributed by atoms with Crippen LogP contribution in [0.2, 0.25) is 0 Å². The van der Waals surface area contributed by atoms with Crippen molar-refractivity contribution < 1.29 is 8.42 Å². The molecular weight excluding hydrogens is 334 g/mol. The quantitative estimate of drug-likeness (QED) is 0.721. The van der Waals surface area contributed by atoms with Gasteiger partial charge in [-0.15, -0.1) is 5.10 Å². The fourth-order valence-corrected chi connectivity index (χ4v) is 4.57. The number of benzene rings is 2. The Labute approximate surface area is 147 Å². The number of rotatable bonds is 4. The molecule has 5 nitrogen and oxygen atoms in total. The Morgan fingerprint density at radius 3 is 2.36 bits per heavy atom. The first-order valence-corrected chi connectivity index (χ1v) is 9.98. The zero-order chi connectivity index (χ0) is 17.4. The van der Waals surface area contributed by atoms with Gasteiger partial charge >= 0.3 is 0 Å². The predicted molar refractivity (Wildman–Crippen MR) is 95.0 cm³/mol. The molecule has 0 fully saturated rings. The minimum Gasteiger partial charge on any atom is -0.241 e. The van der Waals surface area contributed by atoms with Gasteiger partial charge in [0.25, 0.3) is 5.16 Å². The normalized spacial score (nSPS) is 19.7. The monoisotopic (exact) mass is 353 g/mol. The van der Waals surface area contributed by atoms with Crippen molar-refractivity contribution in [3.8, 4) is 0 Å². The summed E-state index contributed by atoms with van der Waals surface area (Å²) in [6, 6.07) is 19.2. The SMILES string of the molecule is C[C@H]1C[C@@H](c2ccccc2)n2nc(S(=O)(=O)Cc3ccccc3)nc21. The highest BCUT2D eigenvalue weighted by molar-refractivity contribution is 7.90. The van der Waals surface area contributed by atoms with Crippen LogP contribution in [-0.2, 0) is 15.6 Å². The van der Waals surface area contributed by atoms with E-state index in [0.717, 1.165) is 23.4 Å². The van der Waals surface area contributed by atoms with E-state index in [9.17, 15) is 8.42 Å². The minimum atomic E-state index is -3.56. The summed E-state index contributed by atoms with van der Waals surface area (Å²) in [7, 11) is -3.56. The summed E-state index contributed by atoms with van der Waals surface area (Å²) in [5.74, 6) is 0.848. The molecule has 2 heterocycles. The summed E-state index contributed by atoms with van der Waals surface area (Å²) in [5, 5.41) is 4.31. The molecule has 0 spiro atoms. The van der Waals surface area contributed by atoms with Crippen LogP contribution < -0.4 is 0 Å². The van der Waals surface area contributed by atoms with E-state index in [1.165, 1.54) is 0 Å². The Morgan fingerprint density at radius 2 is 1.68 bits per heavy atom. The number of sulfone groups is 1. The lowest BCUT2D eigenvalue weighted by molar-refractivity contribution is 0.523. The van der Waals surface area contributed by atoms with Gasteiger partial charge in [-0.2, -0.15) is 0 Å². The van der Waals surface area contributed by atoms with Crippen LogP contribution in [-0.4, -0.2) is 23.2 Å². The summed E-state index contributed by atoms with van der Waals surface area (Å²) in [4.78, 5) is 4.38. The Morgan fingerprint density at radius 1 is 1.04 bits per heavy atom. The first-order valence-electron chi connectivity index (χ1n) is 8.32. The van der Waals surface area contributed by atoms with Crippen LogP contribution >= 0.6 is 0 Å². The van der Waals surface area contributed by atoms with Crippen LogP contribution in [0.1, 0.15) is 42.3 Å². The second-order valence-corrected chi connectivity index (χ2v) is 8.39. The van der Waals surface area contributed by atoms with Crippen molar-refractivity contribution in [2.45, 2.75) is 36.2 Å². The van der Waals surface area contributed by atoms with Crippen LogP contribution in [0, 0.1) is 0 Å². The van der Waals surface area contributed by atoms with Gasteiger partial charge in [0, 0.05) is 5.92 Å². The van der Waals surface area contributed by atoms with E-state index in [2.05, 4.69) is 17.0 Å². The fourth-order valence-electron chi connectivity index (χ4n) is 3.36. The third-order valence-corrected chi connectivity index (χ3v) is 6.06. The van der Waals surface area contributed by atoms with E-state index < -0.39 is 9.84 Å². The lowest BCUT2D eigenvalue weighted by Crippen LogP contribution is -2.11. The number of fused-ring (bicyclic) bond motifs is 1. The van der Waals surface area contributed by atoms with E-state index in [0.29, 0.717) is 0 Å². The van der Waals surface area contributed by atoms with Gasteiger partial charge < -0.3 is 0 Å². The molecular formula is C19H19N3O2S. The molecule has 0 unspecified atom stereocenters. The Bertz CT molecular complexity index is 982. The first kappa shape index (κ1) is 16.0. The number of nitrogens with zero attached hydrogens (tertiary/aromatic N) is 3. The second-order valence-electron chi connectivity index (χ2n) is 6.51. The second kappa shape index (κ2) is 6.11. The lowest BCUT2D eigenvalue weighted by atomic mass is 10.0. The molecule has 25 heavy (non-hydrogen) atoms. The van der Waals surface area contributed by atoms with Crippen molar-refractivity contribution in [1.29, 1.82) is 0 Å². The molecule has 0 saturated heterocycles. The first-order chi connectivity index (χ1) is 12.0. The zero-order valence-electron chi connectivity index (χ0n) is 13.9. The molecule has 0 amide bonds. The molecule has 6 heteroatoms. The molecule has 0 aliphatic carbocycles. The van der Waals surface area contributed by atoms with Gasteiger partial charge in [0.2, 0.25) is 9.84 Å². The van der Waals surface area contributed by atoms with Crippen molar-refractivity contribution in [2.75, 3.05) is 0 Å². The van der Waals surface area contributed by atoms with Gasteiger partial charge in [0.1, 0.15) is 5.82 Å². The molecule has 1 aliphatic heterocycles. The Hall–Kier alpha value is -2.47. The topological polar surface area (TPSA) is 64.8 Å². The molecule has 1 aromatic heterocycles. The van der Waals surface area contributed by atoms with Crippen LogP contribution in [0.5, 0.6) is 0 Å². The summed E-state index contributed by atoms with van der Waals surface area (Å²) >= 11 is 0. The van der Waals surface area contributed by atoms with E-state index in [1.54, 1.807) is 16.8 Å². The highest BCUT2D eigenvalue weighted by Crippen LogP contribution is 2.38. The van der Waals surface area contributed by atoms with Crippen molar-refractivity contribution >= 4 is 9.84 Å². The molecule has 3 aromatic rings. The van der Waals surface area contributed by atoms with Crippen LogP contribution in [0.25, 0.3) is 0 Å². The molecule has 0 bridgehead atoms. The molecule has 0 radical (unpaired) electrons. The zero-order valence-corrected chi connectivity index (χ0v) is 14.7. The maximum Gasteiger partial charge on any atom is 0.267 e. The van der Waals surface area contributed by atoms with Gasteiger partial charge in [-0.05, 0) is 17.5 Å². The molecule has 1 aliphatic rings. The summed E-state index contributed by atoms with van der Waals surface area (Å²) in [6.45, 7) is 2.07. The Kier molecular flexibility index (Phi) is 3.92. The summed E-state index contributed by atoms with van der Waals surface area (Å²) in [5.41, 5.74) is 1.87. The van der Waals surface area contributed by atoms with E-state index >= 15 is 0 Å². The fraction of sp³-hybridized carbons (Fsp3) is 0.263. The van der Waals surface area contributed by atoms with E-state index in [4.69, 9.17) is 0 Å². The summed E-state index contributed by atoms with van der Waals surface area (Å²) < 4.78 is 27.2. The van der Waals surface area contributed by atoms with Gasteiger partial charge in [0.05, 0.1) is 11.8 Å². The third kappa shape index (κ3) is 2.98. The number of aromatic nitrogens is 3. The maximum atomic E-state index is 12.7. The van der Waals surface area contributed by atoms with Crippen LogP contribution in [0.3, 0.4) is 0 Å². The number of hydrogen-bond acceptors (Lipinski definition) is 4. The van der Waals surface area contributed by atoms with Gasteiger partial charge in [-0.3, -0.25) is 0 Å². The van der Waals surface area contributed by atoms with Gasteiger partial charge in [-0.1, -0.05) is 67.6 Å². The van der Waals surface area contributed by atoms with Gasteiger partial charge in [-0.25, -0.2) is 18.1 Å². The molecule has 4 rings (SSSR count). The maximum absolute atomic E-state index is 12.7. The highest BCUT2D eigenvalue weighted by Gasteiger charge is 2.35. The van der Waals surface area contributed by atoms with Crippen LogP contribution in [0.15, 0.2) is 65.8 Å². The summed E-state index contributed by atoms with van der Waals surface area (Å²) in [6.07, 6.45) is 0.887. The molecule has 2 aromatic carbocycles. The smallest absolute Gasteiger partial charge is 0.241 e. The minimum absolute atomic E-state index is 0.0411. The van der Waals surface area contributed by atoms with Crippen molar-refractivity contribution in [2.24, 2.45) is 0 Å². The van der Waals surface area contributed by atoms with Crippen molar-refractivity contribution in [3.05, 3.63) is 77.6 Å². The van der Waals surface area contributed by atoms with E-state index in [1.807, 2.05) is 48.5 Å². The van der Waals surface area contributed by atoms with E-state index in [-0.39, 0.29) is 22.9 Å². The molecule has 2 atom stereocenters. The number of hydrogen-bond donors (Lipinski definition) is 0.